The number of rotatable bonds is 4. The molecule has 2 aromatic carbocycles. The Kier molecular flexibility index (Phi) is 3.75. The quantitative estimate of drug-likeness (QED) is 0.794. The van der Waals surface area contributed by atoms with Gasteiger partial charge in [0.05, 0.1) is 6.54 Å². The zero-order valence-electron chi connectivity index (χ0n) is 11.9. The van der Waals surface area contributed by atoms with Gasteiger partial charge in [0.1, 0.15) is 0 Å². The van der Waals surface area contributed by atoms with Crippen molar-refractivity contribution < 1.29 is 0 Å². The van der Waals surface area contributed by atoms with Gasteiger partial charge in [-0.05, 0) is 28.5 Å². The molecule has 0 spiro atoms. The smallest absolute Gasteiger partial charge is 0.182 e. The van der Waals surface area contributed by atoms with Crippen LogP contribution in [0.25, 0.3) is 11.4 Å². The van der Waals surface area contributed by atoms with Crippen molar-refractivity contribution >= 4 is 0 Å². The molecule has 0 aliphatic heterocycles. The maximum Gasteiger partial charge on any atom is 0.182 e. The predicted molar refractivity (Wildman–Crippen MR) is 81.4 cm³/mol. The third kappa shape index (κ3) is 2.98. The summed E-state index contributed by atoms with van der Waals surface area (Å²) in [7, 11) is 0. The van der Waals surface area contributed by atoms with Crippen LogP contribution in [0.1, 0.15) is 16.7 Å². The summed E-state index contributed by atoms with van der Waals surface area (Å²) in [5, 5.41) is 12.0. The molecule has 5 heteroatoms. The molecule has 1 aromatic heterocycles. The van der Waals surface area contributed by atoms with Crippen molar-refractivity contribution in [2.75, 3.05) is 0 Å². The van der Waals surface area contributed by atoms with Crippen molar-refractivity contribution in [3.63, 3.8) is 0 Å². The lowest BCUT2D eigenvalue weighted by molar-refractivity contribution is 0.653. The Morgan fingerprint density at radius 1 is 0.952 bits per heavy atom. The number of nitrogens with zero attached hydrogens (tertiary/aromatic N) is 4. The SMILES string of the molecule is Cc1ccc(-c2nnnn2Cc2ccc(CN)cc2)cc1. The third-order valence-electron chi connectivity index (χ3n) is 3.43. The number of hydrogen-bond acceptors (Lipinski definition) is 4. The molecular weight excluding hydrogens is 262 g/mol. The van der Waals surface area contributed by atoms with Crippen LogP contribution in [0.15, 0.2) is 48.5 Å². The second-order valence-electron chi connectivity index (χ2n) is 5.05. The molecule has 2 N–H and O–H groups in total. The zero-order valence-corrected chi connectivity index (χ0v) is 11.9. The fraction of sp³-hybridized carbons (Fsp3) is 0.188. The van der Waals surface area contributed by atoms with E-state index in [1.807, 2.05) is 28.9 Å². The lowest BCUT2D eigenvalue weighted by Crippen LogP contribution is -2.05. The Morgan fingerprint density at radius 2 is 1.62 bits per heavy atom. The van der Waals surface area contributed by atoms with Crippen LogP contribution in [-0.2, 0) is 13.1 Å². The lowest BCUT2D eigenvalue weighted by Gasteiger charge is -2.06. The van der Waals surface area contributed by atoms with E-state index in [0.717, 1.165) is 22.5 Å². The van der Waals surface area contributed by atoms with Crippen molar-refractivity contribution in [1.29, 1.82) is 0 Å². The van der Waals surface area contributed by atoms with Gasteiger partial charge < -0.3 is 5.73 Å². The molecule has 0 aliphatic carbocycles. The van der Waals surface area contributed by atoms with Gasteiger partial charge in [-0.25, -0.2) is 4.68 Å². The summed E-state index contributed by atoms with van der Waals surface area (Å²) >= 11 is 0. The highest BCUT2D eigenvalue weighted by molar-refractivity contribution is 5.55. The molecule has 0 saturated carbocycles. The van der Waals surface area contributed by atoms with E-state index in [-0.39, 0.29) is 0 Å². The van der Waals surface area contributed by atoms with E-state index in [0.29, 0.717) is 13.1 Å². The fourth-order valence-corrected chi connectivity index (χ4v) is 2.17. The molecule has 0 fully saturated rings. The van der Waals surface area contributed by atoms with Gasteiger partial charge in [-0.1, -0.05) is 54.1 Å². The molecular formula is C16H17N5. The third-order valence-corrected chi connectivity index (χ3v) is 3.43. The van der Waals surface area contributed by atoms with E-state index >= 15 is 0 Å². The van der Waals surface area contributed by atoms with E-state index in [2.05, 4.69) is 46.7 Å². The molecule has 5 nitrogen and oxygen atoms in total. The molecule has 1 heterocycles. The highest BCUT2D eigenvalue weighted by Gasteiger charge is 2.09. The van der Waals surface area contributed by atoms with Gasteiger partial charge >= 0.3 is 0 Å². The number of tetrazole rings is 1. The number of benzene rings is 2. The maximum absolute atomic E-state index is 5.61. The second kappa shape index (κ2) is 5.85. The predicted octanol–water partition coefficient (Wildman–Crippen LogP) is 2.16. The van der Waals surface area contributed by atoms with E-state index in [1.165, 1.54) is 5.56 Å². The molecule has 0 atom stereocenters. The largest absolute Gasteiger partial charge is 0.326 e. The van der Waals surface area contributed by atoms with Crippen LogP contribution in [0.5, 0.6) is 0 Å². The summed E-state index contributed by atoms with van der Waals surface area (Å²) in [6.45, 7) is 3.26. The second-order valence-corrected chi connectivity index (χ2v) is 5.05. The normalized spacial score (nSPS) is 10.8. The van der Waals surface area contributed by atoms with Gasteiger partial charge in [-0.15, -0.1) is 5.10 Å². The zero-order chi connectivity index (χ0) is 14.7. The Morgan fingerprint density at radius 3 is 2.29 bits per heavy atom. The first-order valence-corrected chi connectivity index (χ1v) is 6.87. The topological polar surface area (TPSA) is 69.6 Å². The molecule has 106 valence electrons. The van der Waals surface area contributed by atoms with Crippen molar-refractivity contribution in [3.05, 3.63) is 65.2 Å². The first kappa shape index (κ1) is 13.5. The van der Waals surface area contributed by atoms with Crippen LogP contribution in [0.2, 0.25) is 0 Å². The summed E-state index contributed by atoms with van der Waals surface area (Å²) in [6.07, 6.45) is 0. The van der Waals surface area contributed by atoms with Crippen LogP contribution in [0.4, 0.5) is 0 Å². The van der Waals surface area contributed by atoms with Gasteiger partial charge in [0, 0.05) is 12.1 Å². The highest BCUT2D eigenvalue weighted by atomic mass is 15.5. The lowest BCUT2D eigenvalue weighted by atomic mass is 10.1. The van der Waals surface area contributed by atoms with E-state index < -0.39 is 0 Å². The number of hydrogen-bond donors (Lipinski definition) is 1. The molecule has 0 unspecified atom stereocenters. The average molecular weight is 279 g/mol. The Balaban J connectivity index is 1.86. The molecule has 0 amide bonds. The van der Waals surface area contributed by atoms with E-state index in [1.54, 1.807) is 0 Å². The van der Waals surface area contributed by atoms with Crippen molar-refractivity contribution in [1.82, 2.24) is 20.2 Å². The summed E-state index contributed by atoms with van der Waals surface area (Å²) < 4.78 is 1.81. The fourth-order valence-electron chi connectivity index (χ4n) is 2.17. The van der Waals surface area contributed by atoms with Gasteiger partial charge in [-0.3, -0.25) is 0 Å². The monoisotopic (exact) mass is 279 g/mol. The molecule has 21 heavy (non-hydrogen) atoms. The van der Waals surface area contributed by atoms with Crippen molar-refractivity contribution in [2.24, 2.45) is 5.73 Å². The van der Waals surface area contributed by atoms with Gasteiger partial charge in [0.25, 0.3) is 0 Å². The van der Waals surface area contributed by atoms with Crippen molar-refractivity contribution in [3.8, 4) is 11.4 Å². The van der Waals surface area contributed by atoms with E-state index in [9.17, 15) is 0 Å². The molecule has 0 aliphatic rings. The Bertz CT molecular complexity index is 713. The highest BCUT2D eigenvalue weighted by Crippen LogP contribution is 2.17. The molecule has 3 aromatic rings. The van der Waals surface area contributed by atoms with E-state index in [4.69, 9.17) is 5.73 Å². The number of aryl methyl sites for hydroxylation is 1. The minimum Gasteiger partial charge on any atom is -0.326 e. The number of aromatic nitrogens is 4. The number of nitrogens with two attached hydrogens (primary N) is 1. The van der Waals surface area contributed by atoms with Gasteiger partial charge in [0.15, 0.2) is 5.82 Å². The molecule has 0 saturated heterocycles. The van der Waals surface area contributed by atoms with Crippen LogP contribution in [-0.4, -0.2) is 20.2 Å². The first-order valence-electron chi connectivity index (χ1n) is 6.87. The van der Waals surface area contributed by atoms with Crippen molar-refractivity contribution in [2.45, 2.75) is 20.0 Å². The van der Waals surface area contributed by atoms with Crippen LogP contribution < -0.4 is 5.73 Å². The van der Waals surface area contributed by atoms with Crippen LogP contribution in [0.3, 0.4) is 0 Å². The summed E-state index contributed by atoms with van der Waals surface area (Å²) in [6, 6.07) is 16.4. The van der Waals surface area contributed by atoms with Gasteiger partial charge in [0.2, 0.25) is 0 Å². The first-order chi connectivity index (χ1) is 10.3. The minimum atomic E-state index is 0.555. The molecule has 0 radical (unpaired) electrons. The standard InChI is InChI=1S/C16H17N5/c1-12-2-8-15(9-3-12)16-18-19-20-21(16)11-14-6-4-13(10-17)5-7-14/h2-9H,10-11,17H2,1H3. The summed E-state index contributed by atoms with van der Waals surface area (Å²) in [4.78, 5) is 0. The minimum absolute atomic E-state index is 0.555. The molecule has 3 rings (SSSR count). The average Bonchev–Trinajstić information content (AvgIpc) is 2.97. The van der Waals surface area contributed by atoms with Crippen LogP contribution in [0, 0.1) is 6.92 Å². The van der Waals surface area contributed by atoms with Gasteiger partial charge in [-0.2, -0.15) is 0 Å². The Labute approximate surface area is 123 Å². The van der Waals surface area contributed by atoms with Crippen LogP contribution >= 0.6 is 0 Å². The maximum atomic E-state index is 5.61. The summed E-state index contributed by atoms with van der Waals surface area (Å²) in [5.41, 5.74) is 10.1. The molecule has 0 bridgehead atoms. The summed E-state index contributed by atoms with van der Waals surface area (Å²) in [5.74, 6) is 0.776. The Hall–Kier alpha value is -2.53.